The molecule has 10 heteroatoms. The number of pyridine rings is 1. The number of nitrogens with two attached hydrogens (primary N) is 1. The summed E-state index contributed by atoms with van der Waals surface area (Å²) in [6.45, 7) is 0.142. The van der Waals surface area contributed by atoms with Gasteiger partial charge in [-0.15, -0.1) is 4.36 Å². The van der Waals surface area contributed by atoms with E-state index in [0.29, 0.717) is 0 Å². The van der Waals surface area contributed by atoms with Gasteiger partial charge in [-0.3, -0.25) is 9.67 Å². The molecule has 154 valence electrons. The molecule has 2 aromatic heterocycles. The van der Waals surface area contributed by atoms with Crippen LogP contribution in [0, 0.1) is 0 Å². The third kappa shape index (κ3) is 3.15. The van der Waals surface area contributed by atoms with Gasteiger partial charge < -0.3 is 10.4 Å². The number of carbonyl (C=O) groups is 1. The molecule has 2 heterocycles. The maximum absolute atomic E-state index is 12.8. The van der Waals surface area contributed by atoms with Crippen LogP contribution in [0.3, 0.4) is 0 Å². The monoisotopic (exact) mass is 416 g/mol. The highest BCUT2D eigenvalue weighted by Gasteiger charge is 2.51. The zero-order valence-corrected chi connectivity index (χ0v) is 16.9. The van der Waals surface area contributed by atoms with Gasteiger partial charge in [0, 0.05) is 17.3 Å². The molecular formula is C19H24N6O3S. The number of anilines is 1. The fourth-order valence-corrected chi connectivity index (χ4v) is 5.47. The number of amides is 2. The van der Waals surface area contributed by atoms with E-state index in [1.165, 1.54) is 10.7 Å². The van der Waals surface area contributed by atoms with Gasteiger partial charge in [-0.2, -0.15) is 5.10 Å². The minimum absolute atomic E-state index is 0.0169. The number of hydrogen-bond acceptors (Lipinski definition) is 5. The molecule has 9 nitrogen and oxygen atoms in total. The molecule has 1 atom stereocenters. The molecule has 4 N–H and O–H groups in total. The Morgan fingerprint density at radius 1 is 1.31 bits per heavy atom. The largest absolute Gasteiger partial charge is 0.394 e. The van der Waals surface area contributed by atoms with Crippen LogP contribution in [0.25, 0.3) is 0 Å². The number of aliphatic hydroxyl groups excluding tert-OH is 1. The van der Waals surface area contributed by atoms with E-state index in [1.54, 1.807) is 6.20 Å². The van der Waals surface area contributed by atoms with Crippen LogP contribution < -0.4 is 10.5 Å². The van der Waals surface area contributed by atoms with E-state index in [1.807, 2.05) is 0 Å². The first-order valence-electron chi connectivity index (χ1n) is 9.97. The Kier molecular flexibility index (Phi) is 4.27. The Labute approximate surface area is 169 Å². The van der Waals surface area contributed by atoms with Crippen molar-refractivity contribution in [2.24, 2.45) is 9.50 Å². The summed E-state index contributed by atoms with van der Waals surface area (Å²) in [4.78, 5) is 17.6. The van der Waals surface area contributed by atoms with Crippen molar-refractivity contribution in [2.45, 2.75) is 61.9 Å². The number of aliphatic hydroxyl groups is 1. The Morgan fingerprint density at radius 3 is 2.90 bits per heavy atom. The molecule has 29 heavy (non-hydrogen) atoms. The fourth-order valence-electron chi connectivity index (χ4n) is 4.60. The lowest BCUT2D eigenvalue weighted by atomic mass is 10.0. The predicted molar refractivity (Wildman–Crippen MR) is 107 cm³/mol. The molecule has 0 saturated heterocycles. The number of nitrogens with one attached hydrogen (secondary N) is 1. The van der Waals surface area contributed by atoms with Gasteiger partial charge in [0.2, 0.25) is 0 Å². The molecule has 5 rings (SSSR count). The lowest BCUT2D eigenvalue weighted by molar-refractivity contribution is 0.259. The molecule has 0 radical (unpaired) electrons. The Bertz CT molecular complexity index is 1130. The summed E-state index contributed by atoms with van der Waals surface area (Å²) in [6, 6.07) is 0.724. The van der Waals surface area contributed by atoms with Crippen LogP contribution in [0.2, 0.25) is 0 Å². The number of hydrogen-bond donors (Lipinski definition) is 3. The van der Waals surface area contributed by atoms with E-state index >= 15 is 0 Å². The van der Waals surface area contributed by atoms with Crippen molar-refractivity contribution >= 4 is 21.6 Å². The Balaban J connectivity index is 1.47. The van der Waals surface area contributed by atoms with Crippen molar-refractivity contribution in [1.82, 2.24) is 14.8 Å². The first-order chi connectivity index (χ1) is 13.9. The smallest absolute Gasteiger partial charge is 0.354 e. The van der Waals surface area contributed by atoms with Crippen molar-refractivity contribution < 1.29 is 14.1 Å². The lowest BCUT2D eigenvalue weighted by Crippen LogP contribution is -2.20. The van der Waals surface area contributed by atoms with Crippen molar-refractivity contribution in [3.63, 3.8) is 0 Å². The van der Waals surface area contributed by atoms with E-state index in [-0.39, 0.29) is 23.6 Å². The van der Waals surface area contributed by atoms with E-state index < -0.39 is 15.9 Å². The van der Waals surface area contributed by atoms with Gasteiger partial charge in [-0.05, 0) is 62.1 Å². The first-order valence-corrected chi connectivity index (χ1v) is 11.5. The number of fused-ring (bicyclic) bond motifs is 3. The highest BCUT2D eigenvalue weighted by molar-refractivity contribution is 7.91. The van der Waals surface area contributed by atoms with Crippen molar-refractivity contribution in [3.05, 3.63) is 34.8 Å². The highest BCUT2D eigenvalue weighted by atomic mass is 32.2. The van der Waals surface area contributed by atoms with E-state index in [4.69, 9.17) is 15.2 Å². The van der Waals surface area contributed by atoms with Gasteiger partial charge in [-0.25, -0.2) is 14.1 Å². The second kappa shape index (κ2) is 6.61. The summed E-state index contributed by atoms with van der Waals surface area (Å²) in [5, 5.41) is 21.8. The number of rotatable bonds is 4. The second-order valence-corrected chi connectivity index (χ2v) is 9.84. The van der Waals surface area contributed by atoms with E-state index in [0.717, 1.165) is 73.1 Å². The van der Waals surface area contributed by atoms with Gasteiger partial charge in [0.05, 0.1) is 24.5 Å². The summed E-state index contributed by atoms with van der Waals surface area (Å²) >= 11 is 0. The number of aromatic nitrogens is 3. The summed E-state index contributed by atoms with van der Waals surface area (Å²) in [5.41, 5.74) is 5.43. The van der Waals surface area contributed by atoms with Crippen LogP contribution in [0.1, 0.15) is 48.2 Å². The molecular weight excluding hydrogens is 392 g/mol. The van der Waals surface area contributed by atoms with Crippen LogP contribution in [-0.2, 0) is 41.1 Å². The fraction of sp³-hybridized carbons (Fsp3) is 0.526. The molecule has 2 aromatic rings. The normalized spacial score (nSPS) is 20.2. The van der Waals surface area contributed by atoms with Gasteiger partial charge in [0.15, 0.2) is 14.9 Å². The molecule has 1 spiro atoms. The van der Waals surface area contributed by atoms with E-state index in [2.05, 4.69) is 14.8 Å². The number of aryl methyl sites for hydroxylation is 1. The van der Waals surface area contributed by atoms with Gasteiger partial charge in [0.25, 0.3) is 0 Å². The van der Waals surface area contributed by atoms with Gasteiger partial charge in [0.1, 0.15) is 0 Å². The lowest BCUT2D eigenvalue weighted by Gasteiger charge is -2.16. The molecule has 0 bridgehead atoms. The quantitative estimate of drug-likeness (QED) is 0.697. The zero-order chi connectivity index (χ0) is 20.2. The van der Waals surface area contributed by atoms with Crippen molar-refractivity contribution in [3.8, 4) is 0 Å². The maximum atomic E-state index is 12.8. The van der Waals surface area contributed by atoms with Crippen LogP contribution >= 0.6 is 0 Å². The third-order valence-electron chi connectivity index (χ3n) is 6.23. The molecule has 3 aliphatic carbocycles. The maximum Gasteiger partial charge on any atom is 0.354 e. The SMILES string of the molecule is N[S@](=O)(=NC(=O)Nc1c2c(nc3c1CCC31CC1)CCC2)c1ccn(CCO)n1. The molecule has 2 amide bonds. The van der Waals surface area contributed by atoms with Crippen LogP contribution in [0.4, 0.5) is 10.5 Å². The minimum Gasteiger partial charge on any atom is -0.394 e. The number of carbonyl (C=O) groups excluding carboxylic acids is 1. The van der Waals surface area contributed by atoms with Crippen LogP contribution in [0.15, 0.2) is 21.7 Å². The van der Waals surface area contributed by atoms with Gasteiger partial charge in [-0.1, -0.05) is 0 Å². The molecule has 0 aliphatic heterocycles. The topological polar surface area (TPSA) is 135 Å². The number of nitrogens with zero attached hydrogens (tertiary/aromatic N) is 4. The third-order valence-corrected chi connectivity index (χ3v) is 7.48. The zero-order valence-electron chi connectivity index (χ0n) is 16.1. The Morgan fingerprint density at radius 2 is 2.14 bits per heavy atom. The standard InChI is InChI=1S/C19H24N6O3S/c20-29(28,15-5-9-25(23-15)10-11-26)24-18(27)22-16-12-2-1-3-14(12)21-17-13(16)4-6-19(17)7-8-19/h5,9,26H,1-4,6-8,10-11H2,(H3,20,21,22,24,27,28)/t29-/m0/s1. The summed E-state index contributed by atoms with van der Waals surface area (Å²) in [7, 11) is -3.48. The molecule has 3 aliphatic rings. The van der Waals surface area contributed by atoms with Crippen molar-refractivity contribution in [1.29, 1.82) is 0 Å². The van der Waals surface area contributed by atoms with Crippen LogP contribution in [0.5, 0.6) is 0 Å². The summed E-state index contributed by atoms with van der Waals surface area (Å²) in [6.07, 6.45) is 8.67. The van der Waals surface area contributed by atoms with E-state index in [9.17, 15) is 9.00 Å². The average molecular weight is 417 g/mol. The Hall–Kier alpha value is -2.30. The summed E-state index contributed by atoms with van der Waals surface area (Å²) < 4.78 is 17.9. The molecule has 1 saturated carbocycles. The average Bonchev–Trinajstić information content (AvgIpc) is 3.01. The highest BCUT2D eigenvalue weighted by Crippen LogP contribution is 2.58. The van der Waals surface area contributed by atoms with Crippen molar-refractivity contribution in [2.75, 3.05) is 11.9 Å². The van der Waals surface area contributed by atoms with Crippen LogP contribution in [-0.4, -0.2) is 36.7 Å². The first kappa shape index (κ1) is 18.7. The summed E-state index contributed by atoms with van der Waals surface area (Å²) in [5.74, 6) is 0. The second-order valence-electron chi connectivity index (χ2n) is 8.10. The molecule has 1 fully saturated rings. The number of urea groups is 1. The minimum atomic E-state index is -3.48. The predicted octanol–water partition coefficient (Wildman–Crippen LogP) is 1.67. The molecule has 0 aromatic carbocycles. The molecule has 0 unspecified atom stereocenters. The van der Waals surface area contributed by atoms with Gasteiger partial charge >= 0.3 is 6.03 Å².